The lowest BCUT2D eigenvalue weighted by molar-refractivity contribution is -0.290. The topological polar surface area (TPSA) is 155 Å². The Bertz CT molecular complexity index is 898. The van der Waals surface area contributed by atoms with Gasteiger partial charge in [-0.05, 0) is 12.8 Å². The van der Waals surface area contributed by atoms with Crippen LogP contribution in [0.25, 0.3) is 0 Å². The summed E-state index contributed by atoms with van der Waals surface area (Å²) in [6.07, 6.45) is 17.0. The van der Waals surface area contributed by atoms with Gasteiger partial charge in [0.2, 0.25) is 0 Å². The third-order valence-electron chi connectivity index (χ3n) is 8.68. The number of aliphatic hydroxyl groups is 1. The van der Waals surface area contributed by atoms with Crippen molar-refractivity contribution in [3.8, 4) is 0 Å². The van der Waals surface area contributed by atoms with Crippen molar-refractivity contribution in [2.24, 2.45) is 0 Å². The number of esters is 2. The maximum atomic E-state index is 12.9. The predicted octanol–water partition coefficient (Wildman–Crippen LogP) is 7.76. The van der Waals surface area contributed by atoms with Gasteiger partial charge in [0.1, 0.15) is 12.2 Å². The number of unbranched alkanes of at least 4 members (excludes halogenated alkanes) is 20. The number of ether oxygens (including phenoxy) is 4. The van der Waals surface area contributed by atoms with Gasteiger partial charge in [-0.1, -0.05) is 142 Å². The minimum absolute atomic E-state index is 0.0530. The molecule has 1 fully saturated rings. The summed E-state index contributed by atoms with van der Waals surface area (Å²) >= 11 is 0. The van der Waals surface area contributed by atoms with Crippen LogP contribution in [-0.2, 0) is 43.1 Å². The van der Waals surface area contributed by atoms with Crippen LogP contribution < -0.4 is 0 Å². The molecule has 0 radical (unpaired) electrons. The second-order valence-electron chi connectivity index (χ2n) is 13.0. The summed E-state index contributed by atoms with van der Waals surface area (Å²) in [6, 6.07) is 0. The van der Waals surface area contributed by atoms with Crippen LogP contribution in [0.1, 0.15) is 168 Å². The van der Waals surface area contributed by atoms with E-state index in [1.165, 1.54) is 90.6 Å². The third-order valence-corrected chi connectivity index (χ3v) is 9.14. The van der Waals surface area contributed by atoms with Crippen LogP contribution in [0.2, 0.25) is 0 Å². The quantitative estimate of drug-likeness (QED) is 0.0430. The molecule has 0 aromatic carbocycles. The fourth-order valence-corrected chi connectivity index (χ4v) is 6.51. The summed E-state index contributed by atoms with van der Waals surface area (Å²) < 4.78 is 59.4. The molecule has 0 unspecified atom stereocenters. The van der Waals surface area contributed by atoms with Crippen LogP contribution in [0.4, 0.5) is 0 Å². The van der Waals surface area contributed by atoms with Crippen molar-refractivity contribution >= 4 is 22.3 Å². The second-order valence-corrected chi connectivity index (χ2v) is 14.0. The summed E-state index contributed by atoms with van der Waals surface area (Å²) in [5.74, 6) is -1.30. The van der Waals surface area contributed by atoms with E-state index in [0.717, 1.165) is 44.9 Å². The van der Waals surface area contributed by atoms with Crippen molar-refractivity contribution in [2.75, 3.05) is 13.7 Å². The number of hydrogen-bond donors (Lipinski definition) is 2. The van der Waals surface area contributed by atoms with Gasteiger partial charge in [-0.25, -0.2) is 4.18 Å². The molecule has 12 heteroatoms. The zero-order valence-corrected chi connectivity index (χ0v) is 30.4. The fraction of sp³-hybridized carbons (Fsp3) is 0.943. The molecular weight excluding hydrogens is 628 g/mol. The number of rotatable bonds is 30. The first-order valence-electron chi connectivity index (χ1n) is 18.5. The Morgan fingerprint density at radius 1 is 0.596 bits per heavy atom. The van der Waals surface area contributed by atoms with Crippen LogP contribution in [0.15, 0.2) is 0 Å². The van der Waals surface area contributed by atoms with Gasteiger partial charge in [0.15, 0.2) is 18.5 Å². The van der Waals surface area contributed by atoms with Gasteiger partial charge in [0, 0.05) is 20.0 Å². The monoisotopic (exact) mass is 694 g/mol. The normalized spacial score (nSPS) is 21.5. The highest BCUT2D eigenvalue weighted by Crippen LogP contribution is 2.29. The zero-order chi connectivity index (χ0) is 34.8. The van der Waals surface area contributed by atoms with E-state index in [-0.39, 0.29) is 19.4 Å². The number of aliphatic hydroxyl groups excluding tert-OH is 1. The summed E-state index contributed by atoms with van der Waals surface area (Å²) in [6.45, 7) is 4.17. The standard InChI is InChI=1S/C35H66O11S/c1-4-6-8-10-12-14-16-18-20-22-24-26-30(36)44-33-32(46-47(39,40)41)29(28-42-3)43-35(38)34(33)45-31(37)27-25-23-21-19-17-15-13-11-9-7-5-2/h29,32-35,38H,4-28H2,1-3H3,(H,39,40,41)/t29-,32-,33+,34-,35+/m1/s1. The van der Waals surface area contributed by atoms with Crippen molar-refractivity contribution < 1.29 is 50.8 Å². The molecule has 0 aromatic rings. The SMILES string of the molecule is CCCCCCCCCCCCCC(=O)O[C@@H]1[C@@H](OC(=O)CCCCCCCCCCCCC)[C@@H](O)O[C@H](COC)[C@H]1OS(=O)(=O)O. The number of hydrogen-bond acceptors (Lipinski definition) is 10. The van der Waals surface area contributed by atoms with E-state index in [2.05, 4.69) is 13.8 Å². The van der Waals surface area contributed by atoms with E-state index in [9.17, 15) is 27.7 Å². The zero-order valence-electron chi connectivity index (χ0n) is 29.5. The highest BCUT2D eigenvalue weighted by molar-refractivity contribution is 7.80. The van der Waals surface area contributed by atoms with Crippen LogP contribution >= 0.6 is 0 Å². The first-order chi connectivity index (χ1) is 22.6. The maximum Gasteiger partial charge on any atom is 0.397 e. The van der Waals surface area contributed by atoms with Crippen LogP contribution in [-0.4, -0.2) is 74.4 Å². The summed E-state index contributed by atoms with van der Waals surface area (Å²) in [5.41, 5.74) is 0. The van der Waals surface area contributed by atoms with Crippen LogP contribution in [0.5, 0.6) is 0 Å². The molecule has 1 rings (SSSR count). The van der Waals surface area contributed by atoms with Crippen molar-refractivity contribution in [1.82, 2.24) is 0 Å². The largest absolute Gasteiger partial charge is 0.455 e. The Labute approximate surface area is 285 Å². The Kier molecular flexibility index (Phi) is 25.6. The van der Waals surface area contributed by atoms with Gasteiger partial charge in [0.05, 0.1) is 6.61 Å². The molecule has 1 aliphatic rings. The van der Waals surface area contributed by atoms with Crippen molar-refractivity contribution in [3.63, 3.8) is 0 Å². The van der Waals surface area contributed by atoms with Gasteiger partial charge in [0.25, 0.3) is 0 Å². The average Bonchev–Trinajstić information content (AvgIpc) is 3.01. The van der Waals surface area contributed by atoms with Gasteiger partial charge < -0.3 is 24.1 Å². The molecule has 0 aromatic heterocycles. The molecule has 47 heavy (non-hydrogen) atoms. The van der Waals surface area contributed by atoms with Crippen LogP contribution in [0, 0.1) is 0 Å². The average molecular weight is 695 g/mol. The first-order valence-corrected chi connectivity index (χ1v) is 19.9. The molecule has 0 aliphatic carbocycles. The molecule has 0 saturated carbocycles. The van der Waals surface area contributed by atoms with Crippen molar-refractivity contribution in [1.29, 1.82) is 0 Å². The summed E-state index contributed by atoms with van der Waals surface area (Å²) in [7, 11) is -3.71. The van der Waals surface area contributed by atoms with E-state index in [4.69, 9.17) is 23.1 Å². The summed E-state index contributed by atoms with van der Waals surface area (Å²) in [4.78, 5) is 25.7. The molecule has 0 amide bonds. The number of carbonyl (C=O) groups is 2. The fourth-order valence-electron chi connectivity index (χ4n) is 6.00. The molecule has 2 N–H and O–H groups in total. The Balaban J connectivity index is 2.62. The van der Waals surface area contributed by atoms with Crippen LogP contribution in [0.3, 0.4) is 0 Å². The smallest absolute Gasteiger partial charge is 0.397 e. The highest BCUT2D eigenvalue weighted by Gasteiger charge is 2.52. The molecule has 5 atom stereocenters. The molecule has 1 saturated heterocycles. The predicted molar refractivity (Wildman–Crippen MR) is 181 cm³/mol. The van der Waals surface area contributed by atoms with E-state index >= 15 is 0 Å². The minimum atomic E-state index is -5.03. The lowest BCUT2D eigenvalue weighted by Crippen LogP contribution is -2.62. The molecule has 11 nitrogen and oxygen atoms in total. The third kappa shape index (κ3) is 22.1. The first kappa shape index (κ1) is 43.7. The maximum absolute atomic E-state index is 12.9. The second kappa shape index (κ2) is 27.5. The Morgan fingerprint density at radius 2 is 0.957 bits per heavy atom. The number of methoxy groups -OCH3 is 1. The van der Waals surface area contributed by atoms with E-state index < -0.39 is 53.0 Å². The van der Waals surface area contributed by atoms with Gasteiger partial charge in [-0.15, -0.1) is 0 Å². The number of carbonyl (C=O) groups excluding carboxylic acids is 2. The van der Waals surface area contributed by atoms with E-state index in [1.54, 1.807) is 0 Å². The molecule has 0 bridgehead atoms. The molecular formula is C35H66O11S. The highest BCUT2D eigenvalue weighted by atomic mass is 32.3. The van der Waals surface area contributed by atoms with Gasteiger partial charge >= 0.3 is 22.3 Å². The van der Waals surface area contributed by atoms with Crippen molar-refractivity contribution in [2.45, 2.75) is 199 Å². The molecule has 0 spiro atoms. The molecule has 278 valence electrons. The van der Waals surface area contributed by atoms with Gasteiger partial charge in [-0.3, -0.25) is 14.1 Å². The van der Waals surface area contributed by atoms with E-state index in [1.807, 2.05) is 0 Å². The van der Waals surface area contributed by atoms with Gasteiger partial charge in [-0.2, -0.15) is 8.42 Å². The Morgan fingerprint density at radius 3 is 1.32 bits per heavy atom. The lowest BCUT2D eigenvalue weighted by Gasteiger charge is -2.42. The lowest BCUT2D eigenvalue weighted by atomic mass is 9.98. The summed E-state index contributed by atoms with van der Waals surface area (Å²) in [5, 5.41) is 10.7. The molecule has 1 heterocycles. The molecule has 1 aliphatic heterocycles. The minimum Gasteiger partial charge on any atom is -0.455 e. The van der Waals surface area contributed by atoms with E-state index in [0.29, 0.717) is 12.8 Å². The Hall–Kier alpha value is -1.31. The van der Waals surface area contributed by atoms with Crippen molar-refractivity contribution in [3.05, 3.63) is 0 Å².